The molecular weight excluding hydrogens is 140 g/mol. The zero-order chi connectivity index (χ0) is 8.27. The summed E-state index contributed by atoms with van der Waals surface area (Å²) in [6.45, 7) is 0. The number of nitrogens with two attached hydrogens (primary N) is 2. The largest absolute Gasteiger partial charge is 0.370 e. The maximum absolute atomic E-state index is 10.4. The zero-order valence-corrected chi connectivity index (χ0v) is 6.75. The Hall–Kier alpha value is -0.570. The SMILES string of the molecule is NC(=O)CCC1CCC(N)C1. The number of carbonyl (C=O) groups excluding carboxylic acids is 1. The summed E-state index contributed by atoms with van der Waals surface area (Å²) in [4.78, 5) is 10.4. The number of primary amides is 1. The van der Waals surface area contributed by atoms with E-state index in [-0.39, 0.29) is 5.91 Å². The molecular formula is C8H16N2O. The lowest BCUT2D eigenvalue weighted by Gasteiger charge is -2.06. The van der Waals surface area contributed by atoms with Crippen LogP contribution in [0.4, 0.5) is 0 Å². The van der Waals surface area contributed by atoms with Crippen LogP contribution in [-0.4, -0.2) is 11.9 Å². The van der Waals surface area contributed by atoms with E-state index in [1.807, 2.05) is 0 Å². The molecule has 2 unspecified atom stereocenters. The standard InChI is InChI=1S/C8H16N2O/c9-7-3-1-6(5-7)2-4-8(10)11/h6-7H,1-5,9H2,(H2,10,11). The van der Waals surface area contributed by atoms with Crippen LogP contribution in [0.2, 0.25) is 0 Å². The van der Waals surface area contributed by atoms with Gasteiger partial charge in [0.25, 0.3) is 0 Å². The Kier molecular flexibility index (Phi) is 2.88. The van der Waals surface area contributed by atoms with Crippen molar-refractivity contribution in [3.63, 3.8) is 0 Å². The Bertz CT molecular complexity index is 147. The minimum Gasteiger partial charge on any atom is -0.370 e. The number of carbonyl (C=O) groups is 1. The summed E-state index contributed by atoms with van der Waals surface area (Å²) >= 11 is 0. The van der Waals surface area contributed by atoms with Crippen molar-refractivity contribution in [2.75, 3.05) is 0 Å². The molecule has 1 aliphatic carbocycles. The Balaban J connectivity index is 2.13. The van der Waals surface area contributed by atoms with Crippen LogP contribution in [0, 0.1) is 5.92 Å². The average Bonchev–Trinajstić information content (AvgIpc) is 2.31. The molecule has 0 saturated heterocycles. The van der Waals surface area contributed by atoms with Gasteiger partial charge in [0, 0.05) is 12.5 Å². The monoisotopic (exact) mass is 156 g/mol. The fraction of sp³-hybridized carbons (Fsp3) is 0.875. The van der Waals surface area contributed by atoms with E-state index >= 15 is 0 Å². The highest BCUT2D eigenvalue weighted by atomic mass is 16.1. The van der Waals surface area contributed by atoms with Crippen molar-refractivity contribution in [3.05, 3.63) is 0 Å². The van der Waals surface area contributed by atoms with Gasteiger partial charge in [-0.05, 0) is 31.6 Å². The highest BCUT2D eigenvalue weighted by Gasteiger charge is 2.21. The third-order valence-electron chi connectivity index (χ3n) is 2.38. The molecule has 11 heavy (non-hydrogen) atoms. The molecule has 1 rings (SSSR count). The predicted molar refractivity (Wildman–Crippen MR) is 43.7 cm³/mol. The Morgan fingerprint density at radius 3 is 2.64 bits per heavy atom. The number of rotatable bonds is 3. The van der Waals surface area contributed by atoms with Gasteiger partial charge in [-0.2, -0.15) is 0 Å². The first kappa shape index (κ1) is 8.53. The van der Waals surface area contributed by atoms with Gasteiger partial charge in [-0.3, -0.25) is 4.79 Å². The molecule has 2 atom stereocenters. The third-order valence-corrected chi connectivity index (χ3v) is 2.38. The van der Waals surface area contributed by atoms with E-state index in [0.29, 0.717) is 18.4 Å². The van der Waals surface area contributed by atoms with Crippen molar-refractivity contribution in [1.29, 1.82) is 0 Å². The van der Waals surface area contributed by atoms with Crippen LogP contribution in [0.1, 0.15) is 32.1 Å². The first-order chi connectivity index (χ1) is 5.18. The lowest BCUT2D eigenvalue weighted by atomic mass is 10.0. The van der Waals surface area contributed by atoms with E-state index in [4.69, 9.17) is 11.5 Å². The van der Waals surface area contributed by atoms with Crippen molar-refractivity contribution in [2.24, 2.45) is 17.4 Å². The van der Waals surface area contributed by atoms with Gasteiger partial charge in [0.15, 0.2) is 0 Å². The molecule has 1 saturated carbocycles. The molecule has 0 aromatic rings. The quantitative estimate of drug-likeness (QED) is 0.620. The van der Waals surface area contributed by atoms with Crippen molar-refractivity contribution in [3.8, 4) is 0 Å². The van der Waals surface area contributed by atoms with E-state index < -0.39 is 0 Å². The van der Waals surface area contributed by atoms with Crippen LogP contribution in [0.15, 0.2) is 0 Å². The van der Waals surface area contributed by atoms with Gasteiger partial charge in [-0.25, -0.2) is 0 Å². The second kappa shape index (κ2) is 3.72. The van der Waals surface area contributed by atoms with Gasteiger partial charge in [-0.1, -0.05) is 0 Å². The summed E-state index contributed by atoms with van der Waals surface area (Å²) in [5.74, 6) is 0.461. The van der Waals surface area contributed by atoms with Crippen LogP contribution in [-0.2, 0) is 4.79 Å². The van der Waals surface area contributed by atoms with Gasteiger partial charge in [0.05, 0.1) is 0 Å². The van der Waals surface area contributed by atoms with Gasteiger partial charge in [0.2, 0.25) is 5.91 Å². The van der Waals surface area contributed by atoms with Crippen LogP contribution < -0.4 is 11.5 Å². The Morgan fingerprint density at radius 1 is 1.45 bits per heavy atom. The summed E-state index contributed by atoms with van der Waals surface area (Å²) in [5, 5.41) is 0. The van der Waals surface area contributed by atoms with Gasteiger partial charge >= 0.3 is 0 Å². The topological polar surface area (TPSA) is 69.1 Å². The number of hydrogen-bond acceptors (Lipinski definition) is 2. The van der Waals surface area contributed by atoms with Crippen molar-refractivity contribution >= 4 is 5.91 Å². The molecule has 3 heteroatoms. The van der Waals surface area contributed by atoms with Crippen LogP contribution >= 0.6 is 0 Å². The highest BCUT2D eigenvalue weighted by molar-refractivity contribution is 5.73. The molecule has 0 bridgehead atoms. The average molecular weight is 156 g/mol. The second-order valence-corrected chi connectivity index (χ2v) is 3.44. The Labute approximate surface area is 67.1 Å². The third kappa shape index (κ3) is 2.89. The molecule has 0 spiro atoms. The zero-order valence-electron chi connectivity index (χ0n) is 6.75. The molecule has 4 N–H and O–H groups in total. The lowest BCUT2D eigenvalue weighted by molar-refractivity contribution is -0.118. The normalized spacial score (nSPS) is 30.6. The lowest BCUT2D eigenvalue weighted by Crippen LogP contribution is -2.16. The van der Waals surface area contributed by atoms with E-state index in [9.17, 15) is 4.79 Å². The first-order valence-electron chi connectivity index (χ1n) is 4.22. The summed E-state index contributed by atoms with van der Waals surface area (Å²) in [6, 6.07) is 0.368. The van der Waals surface area contributed by atoms with E-state index in [1.54, 1.807) is 0 Å². The molecule has 0 aromatic carbocycles. The smallest absolute Gasteiger partial charge is 0.217 e. The summed E-state index contributed by atoms with van der Waals surface area (Å²) in [7, 11) is 0. The van der Waals surface area contributed by atoms with Crippen LogP contribution in [0.3, 0.4) is 0 Å². The molecule has 0 heterocycles. The fourth-order valence-corrected chi connectivity index (χ4v) is 1.72. The summed E-state index contributed by atoms with van der Waals surface area (Å²) < 4.78 is 0. The summed E-state index contributed by atoms with van der Waals surface area (Å²) in [5.41, 5.74) is 10.8. The molecule has 64 valence electrons. The molecule has 1 amide bonds. The molecule has 3 nitrogen and oxygen atoms in total. The second-order valence-electron chi connectivity index (χ2n) is 3.44. The number of amides is 1. The fourth-order valence-electron chi connectivity index (χ4n) is 1.72. The Morgan fingerprint density at radius 2 is 2.18 bits per heavy atom. The molecule has 0 aromatic heterocycles. The molecule has 1 aliphatic rings. The predicted octanol–water partition coefficient (Wildman–Crippen LogP) is 0.379. The highest BCUT2D eigenvalue weighted by Crippen LogP contribution is 2.27. The van der Waals surface area contributed by atoms with Crippen LogP contribution in [0.25, 0.3) is 0 Å². The maximum atomic E-state index is 10.4. The minimum atomic E-state index is -0.189. The van der Waals surface area contributed by atoms with Gasteiger partial charge in [0.1, 0.15) is 0 Å². The minimum absolute atomic E-state index is 0.189. The molecule has 0 aliphatic heterocycles. The van der Waals surface area contributed by atoms with Gasteiger partial charge in [-0.15, -0.1) is 0 Å². The molecule has 1 fully saturated rings. The van der Waals surface area contributed by atoms with Gasteiger partial charge < -0.3 is 11.5 Å². The van der Waals surface area contributed by atoms with E-state index in [0.717, 1.165) is 19.3 Å². The van der Waals surface area contributed by atoms with Crippen LogP contribution in [0.5, 0.6) is 0 Å². The first-order valence-corrected chi connectivity index (χ1v) is 4.22. The van der Waals surface area contributed by atoms with Crippen molar-refractivity contribution < 1.29 is 4.79 Å². The van der Waals surface area contributed by atoms with E-state index in [1.165, 1.54) is 6.42 Å². The van der Waals surface area contributed by atoms with E-state index in [2.05, 4.69) is 0 Å². The maximum Gasteiger partial charge on any atom is 0.217 e. The molecule has 0 radical (unpaired) electrons. The number of hydrogen-bond donors (Lipinski definition) is 2. The van der Waals surface area contributed by atoms with Crippen molar-refractivity contribution in [2.45, 2.75) is 38.1 Å². The van der Waals surface area contributed by atoms with Crippen molar-refractivity contribution in [1.82, 2.24) is 0 Å². The summed E-state index contributed by atoms with van der Waals surface area (Å²) in [6.07, 6.45) is 4.82.